The molecule has 1 aromatic rings. The first-order valence-corrected chi connectivity index (χ1v) is 19.5. The second-order valence-corrected chi connectivity index (χ2v) is 16.5. The average molecular weight is 754 g/mol. The Labute approximate surface area is 318 Å². The molecular formula is C40H59N5O9. The summed E-state index contributed by atoms with van der Waals surface area (Å²) in [6.07, 6.45) is 7.79. The van der Waals surface area contributed by atoms with Gasteiger partial charge in [-0.05, 0) is 75.7 Å². The van der Waals surface area contributed by atoms with Gasteiger partial charge >= 0.3 is 12.1 Å². The van der Waals surface area contributed by atoms with Crippen molar-refractivity contribution in [3.05, 3.63) is 35.9 Å². The summed E-state index contributed by atoms with van der Waals surface area (Å²) < 4.78 is 10.8. The van der Waals surface area contributed by atoms with Gasteiger partial charge in [-0.15, -0.1) is 0 Å². The van der Waals surface area contributed by atoms with Crippen LogP contribution in [0.5, 0.6) is 0 Å². The fourth-order valence-electron chi connectivity index (χ4n) is 6.55. The number of nitrogens with one attached hydrogen (secondary N) is 5. The monoisotopic (exact) mass is 753 g/mol. The van der Waals surface area contributed by atoms with Crippen molar-refractivity contribution in [2.45, 2.75) is 135 Å². The van der Waals surface area contributed by atoms with Crippen LogP contribution in [0.2, 0.25) is 0 Å². The highest BCUT2D eigenvalue weighted by Crippen LogP contribution is 2.35. The highest BCUT2D eigenvalue weighted by molar-refractivity contribution is 6.38. The molecule has 3 aliphatic rings. The van der Waals surface area contributed by atoms with Crippen LogP contribution in [0.4, 0.5) is 4.79 Å². The fourth-order valence-corrected chi connectivity index (χ4v) is 6.55. The number of amides is 5. The number of Topliss-reactive ketones (excluding diaryl/α,β-unsaturated/α-hetero) is 1. The fraction of sp³-hybridized carbons (Fsp3) is 0.675. The third kappa shape index (κ3) is 14.4. The van der Waals surface area contributed by atoms with E-state index in [1.165, 1.54) is 0 Å². The van der Waals surface area contributed by atoms with Crippen LogP contribution in [0.15, 0.2) is 30.3 Å². The SMILES string of the molecule is CC(C)COC(=O)N[C@H](C(=O)N[C@@H](CC1CC1)C(=O)NC(CC1CC1)C(=O)C(=O)NCC(=O)NC(C(=O)OC(C)(C)C)c1ccccc1)C1CCCCC1. The Balaban J connectivity index is 1.40. The number of carbonyl (C=O) groups is 7. The van der Waals surface area contributed by atoms with Crippen molar-refractivity contribution in [2.24, 2.45) is 23.7 Å². The van der Waals surface area contributed by atoms with Gasteiger partial charge < -0.3 is 36.1 Å². The van der Waals surface area contributed by atoms with Crippen molar-refractivity contribution in [2.75, 3.05) is 13.2 Å². The van der Waals surface area contributed by atoms with E-state index < -0.39 is 77.8 Å². The van der Waals surface area contributed by atoms with E-state index in [1.54, 1.807) is 51.1 Å². The van der Waals surface area contributed by atoms with E-state index in [4.69, 9.17) is 9.47 Å². The third-order valence-electron chi connectivity index (χ3n) is 9.74. The van der Waals surface area contributed by atoms with E-state index in [0.29, 0.717) is 12.0 Å². The van der Waals surface area contributed by atoms with Crippen molar-refractivity contribution in [3.8, 4) is 0 Å². The molecule has 0 aliphatic heterocycles. The molecular weight excluding hydrogens is 694 g/mol. The molecule has 2 unspecified atom stereocenters. The molecule has 298 valence electrons. The molecule has 0 aromatic heterocycles. The lowest BCUT2D eigenvalue weighted by atomic mass is 9.83. The Morgan fingerprint density at radius 2 is 1.33 bits per heavy atom. The van der Waals surface area contributed by atoms with Gasteiger partial charge in [-0.1, -0.05) is 89.1 Å². The smallest absolute Gasteiger partial charge is 0.407 e. The molecule has 3 aliphatic carbocycles. The van der Waals surface area contributed by atoms with E-state index in [0.717, 1.165) is 57.8 Å². The maximum atomic E-state index is 13.8. The molecule has 3 saturated carbocycles. The summed E-state index contributed by atoms with van der Waals surface area (Å²) in [7, 11) is 0. The number of hydrogen-bond acceptors (Lipinski definition) is 9. The van der Waals surface area contributed by atoms with E-state index in [-0.39, 0.29) is 36.7 Å². The van der Waals surface area contributed by atoms with Crippen LogP contribution in [0, 0.1) is 23.7 Å². The lowest BCUT2D eigenvalue weighted by molar-refractivity contribution is -0.158. The Bertz CT molecular complexity index is 1480. The molecule has 54 heavy (non-hydrogen) atoms. The topological polar surface area (TPSA) is 198 Å². The largest absolute Gasteiger partial charge is 0.458 e. The van der Waals surface area contributed by atoms with E-state index in [2.05, 4.69) is 26.6 Å². The second-order valence-electron chi connectivity index (χ2n) is 16.5. The number of ketones is 1. The van der Waals surface area contributed by atoms with Crippen LogP contribution in [-0.2, 0) is 38.2 Å². The summed E-state index contributed by atoms with van der Waals surface area (Å²) in [6.45, 7) is 8.55. The van der Waals surface area contributed by atoms with Gasteiger partial charge in [0.25, 0.3) is 5.91 Å². The lowest BCUT2D eigenvalue weighted by Crippen LogP contribution is -2.58. The van der Waals surface area contributed by atoms with E-state index in [1.807, 2.05) is 13.8 Å². The molecule has 0 heterocycles. The lowest BCUT2D eigenvalue weighted by Gasteiger charge is -2.31. The normalized spacial score (nSPS) is 18.3. The van der Waals surface area contributed by atoms with Crippen LogP contribution in [0.25, 0.3) is 0 Å². The summed E-state index contributed by atoms with van der Waals surface area (Å²) in [5.74, 6) is -4.10. The van der Waals surface area contributed by atoms with Crippen LogP contribution in [-0.4, -0.2) is 78.4 Å². The van der Waals surface area contributed by atoms with Crippen LogP contribution < -0.4 is 26.6 Å². The number of carbonyl (C=O) groups excluding carboxylic acids is 7. The summed E-state index contributed by atoms with van der Waals surface area (Å²) in [5.41, 5.74) is -0.332. The molecule has 1 aromatic carbocycles. The number of ether oxygens (including phenoxy) is 2. The highest BCUT2D eigenvalue weighted by atomic mass is 16.6. The summed E-state index contributed by atoms with van der Waals surface area (Å²) >= 11 is 0. The van der Waals surface area contributed by atoms with Gasteiger partial charge in [0, 0.05) is 0 Å². The third-order valence-corrected chi connectivity index (χ3v) is 9.74. The minimum absolute atomic E-state index is 0.117. The van der Waals surface area contributed by atoms with Crippen LogP contribution in [0.1, 0.15) is 117 Å². The molecule has 0 radical (unpaired) electrons. The number of esters is 1. The summed E-state index contributed by atoms with van der Waals surface area (Å²) in [6, 6.07) is 4.31. The van der Waals surface area contributed by atoms with Crippen molar-refractivity contribution in [1.29, 1.82) is 0 Å². The molecule has 4 atom stereocenters. The predicted octanol–water partition coefficient (Wildman–Crippen LogP) is 3.77. The molecule has 5 amide bonds. The molecule has 14 nitrogen and oxygen atoms in total. The summed E-state index contributed by atoms with van der Waals surface area (Å²) in [5, 5.41) is 13.3. The minimum Gasteiger partial charge on any atom is -0.458 e. The van der Waals surface area contributed by atoms with Gasteiger partial charge in [0.15, 0.2) is 6.04 Å². The van der Waals surface area contributed by atoms with Gasteiger partial charge in [-0.2, -0.15) is 0 Å². The zero-order valence-electron chi connectivity index (χ0n) is 32.4. The first-order chi connectivity index (χ1) is 25.6. The molecule has 4 rings (SSSR count). The minimum atomic E-state index is -1.18. The van der Waals surface area contributed by atoms with E-state index >= 15 is 0 Å². The number of hydrogen-bond donors (Lipinski definition) is 5. The standard InChI is InChI=1S/C40H59N5O9/c1-24(2)23-53-39(52)45-32(27-12-8-6-9-13-27)36(49)43-30(21-26-18-19-26)35(48)42-29(20-25-16-17-25)34(47)37(50)41-22-31(46)44-33(28-14-10-7-11-15-28)38(51)54-40(3,4)5/h7,10-11,14-15,24-27,29-30,32-33H,6,8-9,12-13,16-23H2,1-5H3,(H,41,50)(H,42,48)(H,43,49)(H,44,46)(H,45,52)/t29?,30-,32-,33?/m0/s1. The van der Waals surface area contributed by atoms with Crippen molar-refractivity contribution >= 4 is 41.5 Å². The Morgan fingerprint density at radius 1 is 0.741 bits per heavy atom. The molecule has 3 fully saturated rings. The second kappa shape index (κ2) is 19.7. The van der Waals surface area contributed by atoms with Gasteiger partial charge in [-0.25, -0.2) is 9.59 Å². The van der Waals surface area contributed by atoms with E-state index in [9.17, 15) is 33.6 Å². The zero-order chi connectivity index (χ0) is 39.4. The van der Waals surface area contributed by atoms with Crippen LogP contribution in [0.3, 0.4) is 0 Å². The Morgan fingerprint density at radius 3 is 1.91 bits per heavy atom. The quantitative estimate of drug-likeness (QED) is 0.103. The molecule has 0 spiro atoms. The number of rotatable bonds is 19. The highest BCUT2D eigenvalue weighted by Gasteiger charge is 2.39. The average Bonchev–Trinajstić information content (AvgIpc) is 4.07. The van der Waals surface area contributed by atoms with Crippen molar-refractivity contribution in [3.63, 3.8) is 0 Å². The van der Waals surface area contributed by atoms with Gasteiger partial charge in [-0.3, -0.25) is 24.0 Å². The first-order valence-electron chi connectivity index (χ1n) is 19.5. The molecule has 0 saturated heterocycles. The number of alkyl carbamates (subject to hydrolysis) is 1. The first kappa shape index (κ1) is 42.3. The molecule has 14 heteroatoms. The predicted molar refractivity (Wildman–Crippen MR) is 199 cm³/mol. The van der Waals surface area contributed by atoms with Crippen LogP contribution >= 0.6 is 0 Å². The Kier molecular flexibility index (Phi) is 15.4. The number of benzene rings is 1. The van der Waals surface area contributed by atoms with Crippen molar-refractivity contribution < 1.29 is 43.0 Å². The van der Waals surface area contributed by atoms with Gasteiger partial charge in [0.2, 0.25) is 23.5 Å². The zero-order valence-corrected chi connectivity index (χ0v) is 32.4. The molecule has 5 N–H and O–H groups in total. The Hall–Kier alpha value is -4.49. The van der Waals surface area contributed by atoms with Crippen molar-refractivity contribution in [1.82, 2.24) is 26.6 Å². The van der Waals surface area contributed by atoms with Gasteiger partial charge in [0.1, 0.15) is 17.7 Å². The maximum Gasteiger partial charge on any atom is 0.407 e. The molecule has 0 bridgehead atoms. The maximum absolute atomic E-state index is 13.8. The van der Waals surface area contributed by atoms with Gasteiger partial charge in [0.05, 0.1) is 19.2 Å². The summed E-state index contributed by atoms with van der Waals surface area (Å²) in [4.78, 5) is 92.9.